The summed E-state index contributed by atoms with van der Waals surface area (Å²) in [6.07, 6.45) is 4.08. The van der Waals surface area contributed by atoms with E-state index >= 15 is 0 Å². The second-order valence-corrected chi connectivity index (χ2v) is 7.46. The second kappa shape index (κ2) is 6.94. The summed E-state index contributed by atoms with van der Waals surface area (Å²) in [5.74, 6) is 1.13. The van der Waals surface area contributed by atoms with Crippen molar-refractivity contribution in [2.24, 2.45) is 0 Å². The topological polar surface area (TPSA) is 43.9 Å². The lowest BCUT2D eigenvalue weighted by atomic mass is 10.0. The maximum absolute atomic E-state index is 5.65. The molecule has 0 aliphatic heterocycles. The smallest absolute Gasteiger partial charge is 0.270 e. The lowest BCUT2D eigenvalue weighted by molar-refractivity contribution is 0.433. The molecule has 0 saturated heterocycles. The molecular weight excluding hydrogens is 366 g/mol. The molecule has 0 atom stereocenters. The molecule has 5 rings (SSSR count). The van der Waals surface area contributed by atoms with E-state index in [9.17, 15) is 0 Å². The molecule has 0 fully saturated rings. The molecule has 3 aromatic heterocycles. The van der Waals surface area contributed by atoms with Crippen molar-refractivity contribution in [3.8, 4) is 39.0 Å². The number of benzene rings is 2. The summed E-state index contributed by atoms with van der Waals surface area (Å²) >= 11 is 1.62. The second-order valence-electron chi connectivity index (χ2n) is 6.58. The number of hydrogen-bond acceptors (Lipinski definition) is 4. The van der Waals surface area contributed by atoms with E-state index in [0.29, 0.717) is 11.7 Å². The third-order valence-electron chi connectivity index (χ3n) is 4.61. The van der Waals surface area contributed by atoms with Gasteiger partial charge in [-0.15, -0.1) is 11.3 Å². The van der Waals surface area contributed by atoms with Crippen LogP contribution in [0.15, 0.2) is 89.0 Å². The highest BCUT2D eigenvalue weighted by Crippen LogP contribution is 2.41. The van der Waals surface area contributed by atoms with Crippen LogP contribution in [0.2, 0.25) is 0 Å². The van der Waals surface area contributed by atoms with Crippen LogP contribution in [-0.2, 0) is 0 Å². The van der Waals surface area contributed by atoms with Gasteiger partial charge in [-0.1, -0.05) is 65.3 Å². The zero-order valence-electron chi connectivity index (χ0n) is 15.2. The molecule has 0 spiro atoms. The highest BCUT2D eigenvalue weighted by molar-refractivity contribution is 7.14. The van der Waals surface area contributed by atoms with Crippen LogP contribution in [-0.4, -0.2) is 14.7 Å². The van der Waals surface area contributed by atoms with Crippen molar-refractivity contribution in [3.63, 3.8) is 0 Å². The molecule has 0 unspecified atom stereocenters. The molecule has 0 aliphatic carbocycles. The summed E-state index contributed by atoms with van der Waals surface area (Å²) in [5.41, 5.74) is 5.56. The Labute approximate surface area is 166 Å². The van der Waals surface area contributed by atoms with Gasteiger partial charge in [0.05, 0.1) is 5.69 Å². The summed E-state index contributed by atoms with van der Waals surface area (Å²) in [5, 5.41) is 6.35. The molecule has 0 bridgehead atoms. The average Bonchev–Trinajstić information content (AvgIpc) is 3.47. The van der Waals surface area contributed by atoms with Crippen LogP contribution in [0.4, 0.5) is 0 Å². The molecule has 5 heteroatoms. The monoisotopic (exact) mass is 383 g/mol. The maximum atomic E-state index is 5.65. The normalized spacial score (nSPS) is 11.0. The van der Waals surface area contributed by atoms with E-state index in [1.165, 1.54) is 11.1 Å². The van der Waals surface area contributed by atoms with Crippen LogP contribution in [0.3, 0.4) is 0 Å². The minimum atomic E-state index is 0.534. The number of thiophene rings is 1. The lowest BCUT2D eigenvalue weighted by Crippen LogP contribution is -1.93. The first kappa shape index (κ1) is 16.7. The largest absolute Gasteiger partial charge is 0.333 e. The predicted molar refractivity (Wildman–Crippen MR) is 113 cm³/mol. The molecule has 5 aromatic rings. The van der Waals surface area contributed by atoms with E-state index in [1.54, 1.807) is 11.3 Å². The first-order chi connectivity index (χ1) is 13.8. The molecule has 0 N–H and O–H groups in total. The van der Waals surface area contributed by atoms with Gasteiger partial charge in [-0.2, -0.15) is 4.98 Å². The van der Waals surface area contributed by atoms with Crippen LogP contribution in [0, 0.1) is 6.92 Å². The Kier molecular flexibility index (Phi) is 4.14. The van der Waals surface area contributed by atoms with E-state index in [4.69, 9.17) is 4.52 Å². The van der Waals surface area contributed by atoms with Crippen LogP contribution in [0.25, 0.3) is 39.0 Å². The zero-order chi connectivity index (χ0) is 18.9. The van der Waals surface area contributed by atoms with Gasteiger partial charge < -0.3 is 9.09 Å². The maximum Gasteiger partial charge on any atom is 0.270 e. The quantitative estimate of drug-likeness (QED) is 0.369. The Morgan fingerprint density at radius 2 is 1.68 bits per heavy atom. The minimum Gasteiger partial charge on any atom is -0.333 e. The van der Waals surface area contributed by atoms with Crippen molar-refractivity contribution < 1.29 is 4.52 Å². The number of nitrogens with zero attached hydrogens (tertiary/aromatic N) is 3. The van der Waals surface area contributed by atoms with E-state index in [0.717, 1.165) is 21.7 Å². The van der Waals surface area contributed by atoms with Crippen molar-refractivity contribution in [2.75, 3.05) is 0 Å². The molecular formula is C23H17N3OS. The van der Waals surface area contributed by atoms with Gasteiger partial charge in [-0.25, -0.2) is 0 Å². The molecule has 3 heterocycles. The molecule has 4 nitrogen and oxygen atoms in total. The van der Waals surface area contributed by atoms with Gasteiger partial charge in [0.15, 0.2) is 0 Å². The van der Waals surface area contributed by atoms with Crippen molar-refractivity contribution in [1.29, 1.82) is 0 Å². The first-order valence-electron chi connectivity index (χ1n) is 9.01. The van der Waals surface area contributed by atoms with Crippen LogP contribution < -0.4 is 0 Å². The Bertz CT molecular complexity index is 1220. The lowest BCUT2D eigenvalue weighted by Gasteiger charge is -2.08. The fraction of sp³-hybridized carbons (Fsp3) is 0.0435. The number of aryl methyl sites for hydroxylation is 1. The summed E-state index contributed by atoms with van der Waals surface area (Å²) in [6.45, 7) is 2.11. The van der Waals surface area contributed by atoms with Gasteiger partial charge in [0.1, 0.15) is 4.88 Å². The van der Waals surface area contributed by atoms with Gasteiger partial charge >= 0.3 is 0 Å². The van der Waals surface area contributed by atoms with Gasteiger partial charge in [-0.05, 0) is 24.6 Å². The summed E-state index contributed by atoms with van der Waals surface area (Å²) in [4.78, 5) is 5.63. The van der Waals surface area contributed by atoms with Crippen molar-refractivity contribution in [1.82, 2.24) is 14.7 Å². The number of aromatic nitrogens is 3. The van der Waals surface area contributed by atoms with Crippen LogP contribution in [0.5, 0.6) is 0 Å². The van der Waals surface area contributed by atoms with E-state index < -0.39 is 0 Å². The average molecular weight is 383 g/mol. The van der Waals surface area contributed by atoms with Gasteiger partial charge in [-0.3, -0.25) is 0 Å². The summed E-state index contributed by atoms with van der Waals surface area (Å²) < 4.78 is 7.76. The molecule has 0 saturated carbocycles. The third-order valence-corrected chi connectivity index (χ3v) is 5.57. The fourth-order valence-electron chi connectivity index (χ4n) is 3.28. The van der Waals surface area contributed by atoms with Gasteiger partial charge in [0, 0.05) is 28.9 Å². The van der Waals surface area contributed by atoms with Crippen molar-refractivity contribution >= 4 is 11.3 Å². The van der Waals surface area contributed by atoms with Crippen molar-refractivity contribution in [2.45, 2.75) is 6.92 Å². The molecule has 0 aliphatic rings. The summed E-state index contributed by atoms with van der Waals surface area (Å²) in [7, 11) is 0. The van der Waals surface area contributed by atoms with E-state index in [2.05, 4.69) is 51.3 Å². The highest BCUT2D eigenvalue weighted by Gasteiger charge is 2.21. The number of rotatable bonds is 4. The third kappa shape index (κ3) is 2.96. The van der Waals surface area contributed by atoms with E-state index in [1.807, 2.05) is 54.9 Å². The Balaban J connectivity index is 1.66. The van der Waals surface area contributed by atoms with Gasteiger partial charge in [0.25, 0.3) is 5.89 Å². The minimum absolute atomic E-state index is 0.534. The SMILES string of the molecule is Cc1cccc(-c2csc(-c3nc(-c4ccccc4)no3)c2-n2cccc2)c1. The molecule has 2 aromatic carbocycles. The molecule has 28 heavy (non-hydrogen) atoms. The Morgan fingerprint density at radius 3 is 2.46 bits per heavy atom. The highest BCUT2D eigenvalue weighted by atomic mass is 32.1. The predicted octanol–water partition coefficient (Wildman–Crippen LogP) is 6.23. The Hall–Kier alpha value is -3.44. The zero-order valence-corrected chi connectivity index (χ0v) is 16.1. The Morgan fingerprint density at radius 1 is 0.893 bits per heavy atom. The molecule has 0 radical (unpaired) electrons. The molecule has 136 valence electrons. The van der Waals surface area contributed by atoms with Gasteiger partial charge in [0.2, 0.25) is 5.82 Å². The summed E-state index contributed by atoms with van der Waals surface area (Å²) in [6, 6.07) is 22.4. The van der Waals surface area contributed by atoms with Crippen molar-refractivity contribution in [3.05, 3.63) is 90.1 Å². The van der Waals surface area contributed by atoms with Crippen LogP contribution >= 0.6 is 11.3 Å². The molecule has 0 amide bonds. The fourth-order valence-corrected chi connectivity index (χ4v) is 4.28. The standard InChI is InChI=1S/C23H17N3OS/c1-16-8-7-11-18(14-16)19-15-28-21(20(19)26-12-5-6-13-26)23-24-22(25-27-23)17-9-3-2-4-10-17/h2-15H,1H3. The first-order valence-corrected chi connectivity index (χ1v) is 9.89. The van der Waals surface area contributed by atoms with Crippen LogP contribution in [0.1, 0.15) is 5.56 Å². The van der Waals surface area contributed by atoms with E-state index in [-0.39, 0.29) is 0 Å². The number of hydrogen-bond donors (Lipinski definition) is 0.